The standard InChI is InChI=1S/C14H24ClN3S/c1-4-7-16-12(13-6-5-8-19-13)9-11-10(2)17-18(3)14(11)15/h12-13,16H,4-9H2,1-3H3. The molecule has 0 aromatic carbocycles. The van der Waals surface area contributed by atoms with Crippen molar-refractivity contribution in [2.75, 3.05) is 12.3 Å². The Bertz CT molecular complexity index is 413. The first-order valence-corrected chi connectivity index (χ1v) is 8.59. The Kier molecular flexibility index (Phi) is 5.60. The molecule has 2 rings (SSSR count). The highest BCUT2D eigenvalue weighted by Crippen LogP contribution is 2.31. The number of nitrogens with one attached hydrogen (secondary N) is 1. The molecule has 3 nitrogen and oxygen atoms in total. The molecule has 1 N–H and O–H groups in total. The minimum absolute atomic E-state index is 0.521. The Morgan fingerprint density at radius 3 is 2.89 bits per heavy atom. The fourth-order valence-corrected chi connectivity index (χ4v) is 4.36. The number of thioether (sulfide) groups is 1. The molecule has 1 saturated heterocycles. The smallest absolute Gasteiger partial charge is 0.130 e. The van der Waals surface area contributed by atoms with Crippen molar-refractivity contribution in [3.05, 3.63) is 16.4 Å². The highest BCUT2D eigenvalue weighted by Gasteiger charge is 2.27. The Morgan fingerprint density at radius 2 is 2.37 bits per heavy atom. The highest BCUT2D eigenvalue weighted by atomic mass is 35.5. The van der Waals surface area contributed by atoms with Crippen LogP contribution in [0, 0.1) is 6.92 Å². The lowest BCUT2D eigenvalue weighted by molar-refractivity contribution is 0.481. The third-order valence-corrected chi connectivity index (χ3v) is 5.75. The van der Waals surface area contributed by atoms with Crippen LogP contribution >= 0.6 is 23.4 Å². The number of aryl methyl sites for hydroxylation is 2. The van der Waals surface area contributed by atoms with Crippen LogP contribution < -0.4 is 5.32 Å². The van der Waals surface area contributed by atoms with Gasteiger partial charge in [-0.15, -0.1) is 0 Å². The Hall–Kier alpha value is -0.190. The minimum atomic E-state index is 0.521. The molecule has 1 aliphatic heterocycles. The van der Waals surface area contributed by atoms with Crippen LogP contribution in [0.1, 0.15) is 37.4 Å². The molecule has 2 atom stereocenters. The maximum absolute atomic E-state index is 6.36. The summed E-state index contributed by atoms with van der Waals surface area (Å²) in [5.74, 6) is 1.30. The predicted molar refractivity (Wildman–Crippen MR) is 84.2 cm³/mol. The Balaban J connectivity index is 2.09. The second kappa shape index (κ2) is 7.00. The zero-order chi connectivity index (χ0) is 13.8. The molecule has 0 radical (unpaired) electrons. The maximum atomic E-state index is 6.36. The molecule has 2 unspecified atom stereocenters. The zero-order valence-electron chi connectivity index (χ0n) is 12.1. The van der Waals surface area contributed by atoms with Crippen LogP contribution in [0.25, 0.3) is 0 Å². The second-order valence-corrected chi connectivity index (χ2v) is 7.00. The first-order chi connectivity index (χ1) is 9.13. The van der Waals surface area contributed by atoms with Crippen molar-refractivity contribution in [3.8, 4) is 0 Å². The van der Waals surface area contributed by atoms with Gasteiger partial charge in [0.05, 0.1) is 5.69 Å². The van der Waals surface area contributed by atoms with Gasteiger partial charge in [0.1, 0.15) is 5.15 Å². The molecule has 0 bridgehead atoms. The SMILES string of the molecule is CCCNC(Cc1c(C)nn(C)c1Cl)C1CCCS1. The second-order valence-electron chi connectivity index (χ2n) is 5.29. The highest BCUT2D eigenvalue weighted by molar-refractivity contribution is 8.00. The minimum Gasteiger partial charge on any atom is -0.313 e. The van der Waals surface area contributed by atoms with E-state index >= 15 is 0 Å². The molecule has 5 heteroatoms. The summed E-state index contributed by atoms with van der Waals surface area (Å²) in [4.78, 5) is 0. The van der Waals surface area contributed by atoms with E-state index in [2.05, 4.69) is 36.0 Å². The van der Waals surface area contributed by atoms with Gasteiger partial charge in [0, 0.05) is 23.9 Å². The van der Waals surface area contributed by atoms with Gasteiger partial charge in [-0.2, -0.15) is 16.9 Å². The molecule has 1 aliphatic rings. The molecular formula is C14H24ClN3S. The summed E-state index contributed by atoms with van der Waals surface area (Å²) in [7, 11) is 1.91. The van der Waals surface area contributed by atoms with E-state index in [0.717, 1.165) is 29.1 Å². The topological polar surface area (TPSA) is 29.9 Å². The van der Waals surface area contributed by atoms with Crippen LogP contribution in [0.2, 0.25) is 5.15 Å². The summed E-state index contributed by atoms with van der Waals surface area (Å²) in [6, 6.07) is 0.521. The number of rotatable bonds is 6. The molecule has 1 fully saturated rings. The van der Waals surface area contributed by atoms with Crippen LogP contribution in [0.15, 0.2) is 0 Å². The molecule has 108 valence electrons. The number of halogens is 1. The Labute approximate surface area is 125 Å². The number of hydrogen-bond acceptors (Lipinski definition) is 3. The van der Waals surface area contributed by atoms with E-state index in [1.165, 1.54) is 30.6 Å². The molecule has 2 heterocycles. The third-order valence-electron chi connectivity index (χ3n) is 3.76. The van der Waals surface area contributed by atoms with Crippen molar-refractivity contribution < 1.29 is 0 Å². The summed E-state index contributed by atoms with van der Waals surface area (Å²) < 4.78 is 1.78. The van der Waals surface area contributed by atoms with Gasteiger partial charge >= 0.3 is 0 Å². The van der Waals surface area contributed by atoms with Gasteiger partial charge in [-0.3, -0.25) is 4.68 Å². The van der Waals surface area contributed by atoms with Crippen LogP contribution in [0.3, 0.4) is 0 Å². The number of aromatic nitrogens is 2. The van der Waals surface area contributed by atoms with Crippen molar-refractivity contribution in [1.82, 2.24) is 15.1 Å². The van der Waals surface area contributed by atoms with Crippen molar-refractivity contribution in [1.29, 1.82) is 0 Å². The molecule has 1 aromatic rings. The summed E-state index contributed by atoms with van der Waals surface area (Å²) in [6.07, 6.45) is 4.84. The maximum Gasteiger partial charge on any atom is 0.130 e. The lowest BCUT2D eigenvalue weighted by atomic mass is 10.0. The van der Waals surface area contributed by atoms with Gasteiger partial charge in [0.15, 0.2) is 0 Å². The van der Waals surface area contributed by atoms with E-state index in [4.69, 9.17) is 11.6 Å². The van der Waals surface area contributed by atoms with Gasteiger partial charge in [-0.25, -0.2) is 0 Å². The van der Waals surface area contributed by atoms with Crippen LogP contribution in [-0.2, 0) is 13.5 Å². The molecule has 0 amide bonds. The number of hydrogen-bond donors (Lipinski definition) is 1. The lowest BCUT2D eigenvalue weighted by Crippen LogP contribution is -2.39. The first kappa shape index (κ1) is 15.2. The quantitative estimate of drug-likeness (QED) is 0.875. The average Bonchev–Trinajstić information content (AvgIpc) is 2.98. The van der Waals surface area contributed by atoms with E-state index in [1.807, 2.05) is 7.05 Å². The molecule has 0 spiro atoms. The molecule has 1 aromatic heterocycles. The lowest BCUT2D eigenvalue weighted by Gasteiger charge is -2.24. The van der Waals surface area contributed by atoms with E-state index in [9.17, 15) is 0 Å². The fourth-order valence-electron chi connectivity index (χ4n) is 2.71. The van der Waals surface area contributed by atoms with E-state index in [0.29, 0.717) is 6.04 Å². The zero-order valence-corrected chi connectivity index (χ0v) is 13.7. The van der Waals surface area contributed by atoms with Crippen LogP contribution in [0.4, 0.5) is 0 Å². The summed E-state index contributed by atoms with van der Waals surface area (Å²) in [5, 5.41) is 9.65. The number of nitrogens with zero attached hydrogens (tertiary/aromatic N) is 2. The summed E-state index contributed by atoms with van der Waals surface area (Å²) in [5.41, 5.74) is 2.28. The molecular weight excluding hydrogens is 278 g/mol. The van der Waals surface area contributed by atoms with Gasteiger partial charge < -0.3 is 5.32 Å². The normalized spacial score (nSPS) is 20.9. The summed E-state index contributed by atoms with van der Waals surface area (Å²) in [6.45, 7) is 5.35. The van der Waals surface area contributed by atoms with E-state index < -0.39 is 0 Å². The van der Waals surface area contributed by atoms with Gasteiger partial charge in [0.25, 0.3) is 0 Å². The molecule has 0 saturated carbocycles. The van der Waals surface area contributed by atoms with Gasteiger partial charge in [-0.05, 0) is 44.9 Å². The third kappa shape index (κ3) is 3.67. The van der Waals surface area contributed by atoms with Crippen LogP contribution in [-0.4, -0.2) is 33.4 Å². The monoisotopic (exact) mass is 301 g/mol. The van der Waals surface area contributed by atoms with Crippen molar-refractivity contribution >= 4 is 23.4 Å². The van der Waals surface area contributed by atoms with Crippen molar-refractivity contribution in [2.45, 2.75) is 50.8 Å². The molecule has 0 aliphatic carbocycles. The van der Waals surface area contributed by atoms with Crippen molar-refractivity contribution in [2.24, 2.45) is 7.05 Å². The average molecular weight is 302 g/mol. The predicted octanol–water partition coefficient (Wildman–Crippen LogP) is 3.19. The molecule has 19 heavy (non-hydrogen) atoms. The fraction of sp³-hybridized carbons (Fsp3) is 0.786. The van der Waals surface area contributed by atoms with Crippen LogP contribution in [0.5, 0.6) is 0 Å². The van der Waals surface area contributed by atoms with Gasteiger partial charge in [0.2, 0.25) is 0 Å². The van der Waals surface area contributed by atoms with Crippen molar-refractivity contribution in [3.63, 3.8) is 0 Å². The summed E-state index contributed by atoms with van der Waals surface area (Å²) >= 11 is 8.47. The Morgan fingerprint density at radius 1 is 1.58 bits per heavy atom. The van der Waals surface area contributed by atoms with Gasteiger partial charge in [-0.1, -0.05) is 18.5 Å². The first-order valence-electron chi connectivity index (χ1n) is 7.16. The van der Waals surface area contributed by atoms with E-state index in [1.54, 1.807) is 4.68 Å². The largest absolute Gasteiger partial charge is 0.313 e. The van der Waals surface area contributed by atoms with E-state index in [-0.39, 0.29) is 0 Å².